The summed E-state index contributed by atoms with van der Waals surface area (Å²) in [5.74, 6) is 1.00. The van der Waals surface area contributed by atoms with Crippen LogP contribution in [0.1, 0.15) is 37.8 Å². The van der Waals surface area contributed by atoms with Crippen LogP contribution in [0.2, 0.25) is 0 Å². The standard InChI is InChI=1S/C12H19NO2/c1-8(2)7-13-11(14)9-5-3-4-6-10(9)12(13)15/h8,14-15H,3-7H2,1-2H3. The Labute approximate surface area is 90.4 Å². The van der Waals surface area contributed by atoms with Crippen molar-refractivity contribution in [2.75, 3.05) is 0 Å². The Morgan fingerprint density at radius 1 is 1.07 bits per heavy atom. The zero-order valence-electron chi connectivity index (χ0n) is 9.45. The molecule has 1 aromatic rings. The van der Waals surface area contributed by atoms with Crippen molar-refractivity contribution in [1.82, 2.24) is 4.57 Å². The highest BCUT2D eigenvalue weighted by molar-refractivity contribution is 5.46. The highest BCUT2D eigenvalue weighted by Gasteiger charge is 2.24. The van der Waals surface area contributed by atoms with Crippen molar-refractivity contribution < 1.29 is 10.2 Å². The number of nitrogens with zero attached hydrogens (tertiary/aromatic N) is 1. The van der Waals surface area contributed by atoms with E-state index in [2.05, 4.69) is 13.8 Å². The molecule has 1 aliphatic rings. The fourth-order valence-electron chi connectivity index (χ4n) is 2.36. The molecule has 1 aliphatic carbocycles. The molecular weight excluding hydrogens is 190 g/mol. The van der Waals surface area contributed by atoms with Crippen molar-refractivity contribution in [3.8, 4) is 11.8 Å². The second-order valence-corrected chi connectivity index (χ2v) is 4.82. The summed E-state index contributed by atoms with van der Waals surface area (Å²) >= 11 is 0. The molecule has 2 N–H and O–H groups in total. The topological polar surface area (TPSA) is 45.4 Å². The highest BCUT2D eigenvalue weighted by Crippen LogP contribution is 2.38. The van der Waals surface area contributed by atoms with Crippen molar-refractivity contribution in [3.05, 3.63) is 11.1 Å². The van der Waals surface area contributed by atoms with E-state index in [4.69, 9.17) is 0 Å². The van der Waals surface area contributed by atoms with Crippen LogP contribution < -0.4 is 0 Å². The predicted molar refractivity (Wildman–Crippen MR) is 59.2 cm³/mol. The van der Waals surface area contributed by atoms with Gasteiger partial charge in [-0.1, -0.05) is 13.8 Å². The number of aromatic nitrogens is 1. The fourth-order valence-corrected chi connectivity index (χ4v) is 2.36. The molecule has 0 saturated carbocycles. The van der Waals surface area contributed by atoms with Crippen molar-refractivity contribution in [2.24, 2.45) is 5.92 Å². The van der Waals surface area contributed by atoms with E-state index in [0.29, 0.717) is 12.5 Å². The first kappa shape index (κ1) is 10.4. The Morgan fingerprint density at radius 2 is 1.53 bits per heavy atom. The molecule has 2 rings (SSSR count). The first-order chi connectivity index (χ1) is 7.11. The molecule has 0 saturated heterocycles. The molecule has 0 aromatic carbocycles. The molecule has 1 heterocycles. The normalized spacial score (nSPS) is 15.7. The van der Waals surface area contributed by atoms with Gasteiger partial charge in [0.1, 0.15) is 0 Å². The second-order valence-electron chi connectivity index (χ2n) is 4.82. The summed E-state index contributed by atoms with van der Waals surface area (Å²) in [6.07, 6.45) is 4.04. The second kappa shape index (κ2) is 3.80. The molecule has 0 atom stereocenters. The van der Waals surface area contributed by atoms with Crippen LogP contribution >= 0.6 is 0 Å². The Hall–Kier alpha value is -1.12. The highest BCUT2D eigenvalue weighted by atomic mass is 16.3. The third-order valence-corrected chi connectivity index (χ3v) is 3.07. The average Bonchev–Trinajstić information content (AvgIpc) is 2.44. The molecule has 3 nitrogen and oxygen atoms in total. The van der Waals surface area contributed by atoms with E-state index < -0.39 is 0 Å². The lowest BCUT2D eigenvalue weighted by Gasteiger charge is -2.09. The summed E-state index contributed by atoms with van der Waals surface area (Å²) in [4.78, 5) is 0. The van der Waals surface area contributed by atoms with Gasteiger partial charge in [-0.25, -0.2) is 0 Å². The molecule has 0 amide bonds. The van der Waals surface area contributed by atoms with E-state index in [-0.39, 0.29) is 11.8 Å². The molecule has 15 heavy (non-hydrogen) atoms. The smallest absolute Gasteiger partial charge is 0.197 e. The molecule has 0 unspecified atom stereocenters. The van der Waals surface area contributed by atoms with Gasteiger partial charge in [-0.2, -0.15) is 0 Å². The molecule has 0 bridgehead atoms. The van der Waals surface area contributed by atoms with E-state index in [1.807, 2.05) is 0 Å². The first-order valence-electron chi connectivity index (χ1n) is 5.73. The molecule has 1 aromatic heterocycles. The van der Waals surface area contributed by atoms with Crippen molar-refractivity contribution >= 4 is 0 Å². The molecule has 3 heteroatoms. The minimum Gasteiger partial charge on any atom is -0.494 e. The maximum absolute atomic E-state index is 10.0. The van der Waals surface area contributed by atoms with Crippen LogP contribution in [0.3, 0.4) is 0 Å². The fraction of sp³-hybridized carbons (Fsp3) is 0.667. The third kappa shape index (κ3) is 1.71. The Bertz CT molecular complexity index is 337. The molecule has 84 valence electrons. The minimum atomic E-state index is 0.288. The van der Waals surface area contributed by atoms with Crippen LogP contribution in [-0.4, -0.2) is 14.8 Å². The maximum atomic E-state index is 10.0. The number of rotatable bonds is 2. The SMILES string of the molecule is CC(C)Cn1c(O)c2c(c1O)CCCC2. The van der Waals surface area contributed by atoms with Crippen LogP contribution in [0.15, 0.2) is 0 Å². The van der Waals surface area contributed by atoms with Gasteiger partial charge in [0, 0.05) is 17.7 Å². The van der Waals surface area contributed by atoms with Crippen molar-refractivity contribution in [3.63, 3.8) is 0 Å². The Kier molecular flexibility index (Phi) is 2.63. The van der Waals surface area contributed by atoms with Crippen LogP contribution in [-0.2, 0) is 19.4 Å². The summed E-state index contributed by atoms with van der Waals surface area (Å²) in [5, 5.41) is 20.0. The lowest BCUT2D eigenvalue weighted by Crippen LogP contribution is -2.03. The van der Waals surface area contributed by atoms with Gasteiger partial charge >= 0.3 is 0 Å². The number of fused-ring (bicyclic) bond motifs is 1. The zero-order valence-corrected chi connectivity index (χ0v) is 9.45. The lowest BCUT2D eigenvalue weighted by molar-refractivity contribution is 0.344. The molecule has 0 spiro atoms. The number of aromatic hydroxyl groups is 2. The van der Waals surface area contributed by atoms with E-state index in [0.717, 1.165) is 36.8 Å². The predicted octanol–water partition coefficient (Wildman–Crippen LogP) is 2.43. The van der Waals surface area contributed by atoms with Crippen LogP contribution in [0.5, 0.6) is 11.8 Å². The quantitative estimate of drug-likeness (QED) is 0.785. The van der Waals surface area contributed by atoms with Gasteiger partial charge in [-0.3, -0.25) is 4.57 Å². The summed E-state index contributed by atoms with van der Waals surface area (Å²) in [5.41, 5.74) is 1.94. The van der Waals surface area contributed by atoms with Gasteiger partial charge in [0.25, 0.3) is 0 Å². The van der Waals surface area contributed by atoms with Gasteiger partial charge in [-0.05, 0) is 31.6 Å². The van der Waals surface area contributed by atoms with Gasteiger partial charge < -0.3 is 10.2 Å². The lowest BCUT2D eigenvalue weighted by atomic mass is 9.95. The number of hydrogen-bond acceptors (Lipinski definition) is 2. The average molecular weight is 209 g/mol. The van der Waals surface area contributed by atoms with Gasteiger partial charge in [-0.15, -0.1) is 0 Å². The molecular formula is C12H19NO2. The molecule has 0 fully saturated rings. The van der Waals surface area contributed by atoms with E-state index in [9.17, 15) is 10.2 Å². The summed E-state index contributed by atoms with van der Waals surface area (Å²) in [7, 11) is 0. The van der Waals surface area contributed by atoms with Gasteiger partial charge in [0.15, 0.2) is 11.8 Å². The van der Waals surface area contributed by atoms with Crippen molar-refractivity contribution in [2.45, 2.75) is 46.1 Å². The minimum absolute atomic E-state index is 0.288. The zero-order chi connectivity index (χ0) is 11.0. The monoisotopic (exact) mass is 209 g/mol. The third-order valence-electron chi connectivity index (χ3n) is 3.07. The molecule has 0 aliphatic heterocycles. The van der Waals surface area contributed by atoms with Crippen LogP contribution in [0.4, 0.5) is 0 Å². The van der Waals surface area contributed by atoms with Crippen LogP contribution in [0, 0.1) is 5.92 Å². The van der Waals surface area contributed by atoms with Crippen molar-refractivity contribution in [1.29, 1.82) is 0 Å². The van der Waals surface area contributed by atoms with E-state index >= 15 is 0 Å². The summed E-state index contributed by atoms with van der Waals surface area (Å²) in [6.45, 7) is 4.85. The Balaban J connectivity index is 2.42. The largest absolute Gasteiger partial charge is 0.494 e. The van der Waals surface area contributed by atoms with E-state index in [1.54, 1.807) is 4.57 Å². The van der Waals surface area contributed by atoms with Gasteiger partial charge in [0.2, 0.25) is 0 Å². The molecule has 0 radical (unpaired) electrons. The van der Waals surface area contributed by atoms with Crippen LogP contribution in [0.25, 0.3) is 0 Å². The first-order valence-corrected chi connectivity index (χ1v) is 5.73. The number of hydrogen-bond donors (Lipinski definition) is 2. The Morgan fingerprint density at radius 3 is 1.93 bits per heavy atom. The van der Waals surface area contributed by atoms with E-state index in [1.165, 1.54) is 0 Å². The maximum Gasteiger partial charge on any atom is 0.197 e. The summed E-state index contributed by atoms with van der Waals surface area (Å²) in [6, 6.07) is 0. The van der Waals surface area contributed by atoms with Gasteiger partial charge in [0.05, 0.1) is 0 Å². The summed E-state index contributed by atoms with van der Waals surface area (Å²) < 4.78 is 1.65.